The second-order valence-corrected chi connectivity index (χ2v) is 4.69. The number of hydrogen-bond acceptors (Lipinski definition) is 1. The highest BCUT2D eigenvalue weighted by Gasteiger charge is 2.14. The summed E-state index contributed by atoms with van der Waals surface area (Å²) in [5.74, 6) is 1.47. The fourth-order valence-electron chi connectivity index (χ4n) is 2.16. The van der Waals surface area contributed by atoms with Gasteiger partial charge in [0.25, 0.3) is 0 Å². The van der Waals surface area contributed by atoms with Crippen molar-refractivity contribution in [2.45, 2.75) is 64.8 Å². The first-order chi connectivity index (χ1) is 6.70. The van der Waals surface area contributed by atoms with Crippen LogP contribution in [0.15, 0.2) is 4.99 Å². The van der Waals surface area contributed by atoms with Crippen molar-refractivity contribution in [2.75, 3.05) is 0 Å². The van der Waals surface area contributed by atoms with E-state index < -0.39 is 0 Å². The van der Waals surface area contributed by atoms with Gasteiger partial charge in [0.1, 0.15) is 0 Å². The van der Waals surface area contributed by atoms with Crippen molar-refractivity contribution in [3.8, 4) is 0 Å². The maximum absolute atomic E-state index is 6.02. The second-order valence-electron chi connectivity index (χ2n) is 4.69. The minimum Gasteiger partial charge on any atom is -0.387 e. The highest BCUT2D eigenvalue weighted by Crippen LogP contribution is 2.22. The fraction of sp³-hybridized carbons (Fsp3) is 0.917. The third-order valence-corrected chi connectivity index (χ3v) is 2.93. The average Bonchev–Trinajstić information content (AvgIpc) is 2.00. The normalized spacial score (nSPS) is 22.1. The van der Waals surface area contributed by atoms with E-state index in [0.717, 1.165) is 5.84 Å². The van der Waals surface area contributed by atoms with Crippen LogP contribution in [0.5, 0.6) is 0 Å². The number of nitrogens with two attached hydrogens (primary N) is 1. The number of nitrogens with zero attached hydrogens (tertiary/aromatic N) is 1. The lowest BCUT2D eigenvalue weighted by Gasteiger charge is -2.19. The van der Waals surface area contributed by atoms with Crippen LogP contribution in [0.3, 0.4) is 0 Å². The molecule has 0 aliphatic heterocycles. The number of aliphatic imine (C=N–C) groups is 1. The first-order valence-corrected chi connectivity index (χ1v) is 6.03. The topological polar surface area (TPSA) is 38.4 Å². The van der Waals surface area contributed by atoms with Crippen LogP contribution in [-0.4, -0.2) is 11.9 Å². The summed E-state index contributed by atoms with van der Waals surface area (Å²) in [7, 11) is 0. The van der Waals surface area contributed by atoms with Crippen molar-refractivity contribution in [1.82, 2.24) is 0 Å². The van der Waals surface area contributed by atoms with Crippen molar-refractivity contribution in [3.05, 3.63) is 0 Å². The molecule has 14 heavy (non-hydrogen) atoms. The zero-order valence-corrected chi connectivity index (χ0v) is 9.63. The predicted molar refractivity (Wildman–Crippen MR) is 62.6 cm³/mol. The molecule has 0 saturated heterocycles. The fourth-order valence-corrected chi connectivity index (χ4v) is 2.16. The second kappa shape index (κ2) is 6.05. The molecular formula is C12H24N2. The summed E-state index contributed by atoms with van der Waals surface area (Å²) >= 11 is 0. The standard InChI is InChI=1S/C12H24N2/c1-10(2)14-12(13)11-8-6-4-3-5-7-9-11/h10-11H,3-9H2,1-2H3,(H2,13,14). The summed E-state index contributed by atoms with van der Waals surface area (Å²) in [6.45, 7) is 4.19. The Morgan fingerprint density at radius 1 is 1.07 bits per heavy atom. The molecule has 2 N–H and O–H groups in total. The van der Waals surface area contributed by atoms with E-state index in [2.05, 4.69) is 18.8 Å². The predicted octanol–water partition coefficient (Wildman–Crippen LogP) is 3.11. The van der Waals surface area contributed by atoms with E-state index in [0.29, 0.717) is 12.0 Å². The molecule has 0 spiro atoms. The molecule has 0 unspecified atom stereocenters. The molecule has 1 aliphatic carbocycles. The molecule has 1 saturated carbocycles. The molecule has 0 radical (unpaired) electrons. The van der Waals surface area contributed by atoms with Gasteiger partial charge in [0.2, 0.25) is 0 Å². The van der Waals surface area contributed by atoms with E-state index in [9.17, 15) is 0 Å². The zero-order valence-electron chi connectivity index (χ0n) is 9.63. The Labute approximate surface area is 88.0 Å². The van der Waals surface area contributed by atoms with Gasteiger partial charge in [0, 0.05) is 12.0 Å². The van der Waals surface area contributed by atoms with Crippen LogP contribution >= 0.6 is 0 Å². The molecule has 0 aromatic carbocycles. The molecule has 82 valence electrons. The minimum absolute atomic E-state index is 0.348. The largest absolute Gasteiger partial charge is 0.387 e. The quantitative estimate of drug-likeness (QED) is 0.535. The zero-order chi connectivity index (χ0) is 10.4. The summed E-state index contributed by atoms with van der Waals surface area (Å²) < 4.78 is 0. The highest BCUT2D eigenvalue weighted by atomic mass is 14.9. The van der Waals surface area contributed by atoms with E-state index in [1.54, 1.807) is 0 Å². The van der Waals surface area contributed by atoms with Crippen LogP contribution in [0.2, 0.25) is 0 Å². The van der Waals surface area contributed by atoms with E-state index in [4.69, 9.17) is 5.73 Å². The first-order valence-electron chi connectivity index (χ1n) is 6.03. The smallest absolute Gasteiger partial charge is 0.0971 e. The van der Waals surface area contributed by atoms with E-state index >= 15 is 0 Å². The van der Waals surface area contributed by atoms with Gasteiger partial charge in [-0.15, -0.1) is 0 Å². The summed E-state index contributed by atoms with van der Waals surface area (Å²) in [5, 5.41) is 0. The molecule has 0 bridgehead atoms. The molecule has 2 heteroatoms. The monoisotopic (exact) mass is 196 g/mol. The van der Waals surface area contributed by atoms with Crippen LogP contribution in [0, 0.1) is 5.92 Å². The molecular weight excluding hydrogens is 172 g/mol. The Bertz CT molecular complexity index is 177. The Hall–Kier alpha value is -0.530. The Kier molecular flexibility index (Phi) is 4.99. The summed E-state index contributed by atoms with van der Waals surface area (Å²) in [4.78, 5) is 4.47. The minimum atomic E-state index is 0.348. The van der Waals surface area contributed by atoms with Crippen LogP contribution in [0.1, 0.15) is 58.8 Å². The van der Waals surface area contributed by atoms with E-state index in [1.807, 2.05) is 0 Å². The molecule has 0 atom stereocenters. The molecule has 0 aromatic rings. The first kappa shape index (κ1) is 11.5. The molecule has 0 heterocycles. The molecule has 0 aromatic heterocycles. The lowest BCUT2D eigenvalue weighted by atomic mass is 9.90. The van der Waals surface area contributed by atoms with Crippen molar-refractivity contribution >= 4 is 5.84 Å². The molecule has 1 rings (SSSR count). The lowest BCUT2D eigenvalue weighted by Crippen LogP contribution is -2.25. The third-order valence-electron chi connectivity index (χ3n) is 2.93. The van der Waals surface area contributed by atoms with Gasteiger partial charge in [-0.05, 0) is 26.7 Å². The maximum atomic E-state index is 6.02. The van der Waals surface area contributed by atoms with Gasteiger partial charge in [-0.2, -0.15) is 0 Å². The van der Waals surface area contributed by atoms with Gasteiger partial charge in [0.05, 0.1) is 5.84 Å². The average molecular weight is 196 g/mol. The molecule has 2 nitrogen and oxygen atoms in total. The van der Waals surface area contributed by atoms with Gasteiger partial charge in [0.15, 0.2) is 0 Å². The maximum Gasteiger partial charge on any atom is 0.0971 e. The lowest BCUT2D eigenvalue weighted by molar-refractivity contribution is 0.449. The Balaban J connectivity index is 2.46. The van der Waals surface area contributed by atoms with E-state index in [-0.39, 0.29) is 0 Å². The Morgan fingerprint density at radius 3 is 2.07 bits per heavy atom. The van der Waals surface area contributed by atoms with Gasteiger partial charge < -0.3 is 5.73 Å². The van der Waals surface area contributed by atoms with Crippen LogP contribution < -0.4 is 5.73 Å². The highest BCUT2D eigenvalue weighted by molar-refractivity contribution is 5.82. The van der Waals surface area contributed by atoms with Crippen LogP contribution in [-0.2, 0) is 0 Å². The number of rotatable bonds is 2. The van der Waals surface area contributed by atoms with E-state index in [1.165, 1.54) is 44.9 Å². The van der Waals surface area contributed by atoms with Crippen molar-refractivity contribution in [1.29, 1.82) is 0 Å². The van der Waals surface area contributed by atoms with Gasteiger partial charge in [-0.3, -0.25) is 4.99 Å². The van der Waals surface area contributed by atoms with Gasteiger partial charge >= 0.3 is 0 Å². The Morgan fingerprint density at radius 2 is 1.57 bits per heavy atom. The molecule has 1 fully saturated rings. The van der Waals surface area contributed by atoms with Crippen molar-refractivity contribution in [2.24, 2.45) is 16.6 Å². The van der Waals surface area contributed by atoms with Gasteiger partial charge in [-0.1, -0.05) is 32.1 Å². The SMILES string of the molecule is CC(C)N=C(N)C1CCCCCCC1. The van der Waals surface area contributed by atoms with Crippen molar-refractivity contribution in [3.63, 3.8) is 0 Å². The van der Waals surface area contributed by atoms with Crippen LogP contribution in [0.4, 0.5) is 0 Å². The third kappa shape index (κ3) is 4.12. The van der Waals surface area contributed by atoms with Crippen LogP contribution in [0.25, 0.3) is 0 Å². The summed E-state index contributed by atoms with van der Waals surface area (Å²) in [6, 6.07) is 0.348. The number of amidine groups is 1. The molecule has 0 amide bonds. The number of hydrogen-bond donors (Lipinski definition) is 1. The molecule has 1 aliphatic rings. The summed E-state index contributed by atoms with van der Waals surface area (Å²) in [6.07, 6.45) is 9.34. The van der Waals surface area contributed by atoms with Gasteiger partial charge in [-0.25, -0.2) is 0 Å². The van der Waals surface area contributed by atoms with Crippen molar-refractivity contribution < 1.29 is 0 Å². The summed E-state index contributed by atoms with van der Waals surface area (Å²) in [5.41, 5.74) is 6.02.